The fourth-order valence-electron chi connectivity index (χ4n) is 2.54. The summed E-state index contributed by atoms with van der Waals surface area (Å²) in [5, 5.41) is 13.0. The van der Waals surface area contributed by atoms with Crippen LogP contribution in [0.25, 0.3) is 0 Å². The van der Waals surface area contributed by atoms with Gasteiger partial charge in [-0.25, -0.2) is 0 Å². The fraction of sp³-hybridized carbons (Fsp3) is 0.333. The molecule has 0 radical (unpaired) electrons. The summed E-state index contributed by atoms with van der Waals surface area (Å²) in [6.45, 7) is 0.895. The molecule has 2 nitrogen and oxygen atoms in total. The average molecular weight is 267 g/mol. The van der Waals surface area contributed by atoms with Crippen LogP contribution in [0.1, 0.15) is 41.5 Å². The van der Waals surface area contributed by atoms with Gasteiger partial charge in [-0.3, -0.25) is 0 Å². The van der Waals surface area contributed by atoms with E-state index in [0.29, 0.717) is 0 Å². The third-order valence-corrected chi connectivity index (χ3v) is 3.97. The SMILES string of the molecule is OCC(NCc1ccccc1)c1ccc(C2CC2)cc1. The molecular weight excluding hydrogens is 246 g/mol. The molecule has 1 fully saturated rings. The van der Waals surface area contributed by atoms with E-state index in [1.54, 1.807) is 0 Å². The van der Waals surface area contributed by atoms with Gasteiger partial charge in [0.15, 0.2) is 0 Å². The Bertz CT molecular complexity index is 531. The molecule has 0 saturated heterocycles. The maximum absolute atomic E-state index is 9.59. The van der Waals surface area contributed by atoms with Gasteiger partial charge in [0.2, 0.25) is 0 Å². The lowest BCUT2D eigenvalue weighted by Crippen LogP contribution is -2.23. The third kappa shape index (κ3) is 3.27. The van der Waals surface area contributed by atoms with Crippen LogP contribution < -0.4 is 5.32 Å². The first-order chi connectivity index (χ1) is 9.86. The Morgan fingerprint density at radius 3 is 2.30 bits per heavy atom. The molecule has 0 bridgehead atoms. The number of hydrogen-bond acceptors (Lipinski definition) is 2. The normalized spacial score (nSPS) is 16.1. The lowest BCUT2D eigenvalue weighted by molar-refractivity contribution is 0.243. The van der Waals surface area contributed by atoms with E-state index in [2.05, 4.69) is 41.7 Å². The summed E-state index contributed by atoms with van der Waals surface area (Å²) in [6, 6.07) is 19.0. The molecule has 1 aliphatic carbocycles. The van der Waals surface area contributed by atoms with Crippen molar-refractivity contribution < 1.29 is 5.11 Å². The Kier molecular flexibility index (Phi) is 4.14. The topological polar surface area (TPSA) is 32.3 Å². The van der Waals surface area contributed by atoms with Crippen molar-refractivity contribution in [2.24, 2.45) is 0 Å². The Morgan fingerprint density at radius 2 is 1.70 bits per heavy atom. The van der Waals surface area contributed by atoms with E-state index in [9.17, 15) is 5.11 Å². The van der Waals surface area contributed by atoms with Crippen LogP contribution in [0.3, 0.4) is 0 Å². The van der Waals surface area contributed by atoms with Gasteiger partial charge in [0.1, 0.15) is 0 Å². The number of nitrogens with one attached hydrogen (secondary N) is 1. The molecule has 2 aromatic carbocycles. The highest BCUT2D eigenvalue weighted by Gasteiger charge is 2.23. The van der Waals surface area contributed by atoms with E-state index in [1.165, 1.54) is 24.0 Å². The first-order valence-corrected chi connectivity index (χ1v) is 7.35. The van der Waals surface area contributed by atoms with Crippen molar-refractivity contribution in [2.45, 2.75) is 31.3 Å². The van der Waals surface area contributed by atoms with Crippen molar-refractivity contribution in [3.8, 4) is 0 Å². The summed E-state index contributed by atoms with van der Waals surface area (Å²) >= 11 is 0. The van der Waals surface area contributed by atoms with E-state index in [4.69, 9.17) is 0 Å². The zero-order valence-electron chi connectivity index (χ0n) is 11.6. The van der Waals surface area contributed by atoms with Gasteiger partial charge in [-0.05, 0) is 35.4 Å². The van der Waals surface area contributed by atoms with Crippen LogP contribution in [0.2, 0.25) is 0 Å². The van der Waals surface area contributed by atoms with Crippen molar-refractivity contribution in [3.63, 3.8) is 0 Å². The minimum absolute atomic E-state index is 0.00320. The molecule has 0 amide bonds. The number of rotatable bonds is 6. The molecule has 2 aromatic rings. The molecule has 3 rings (SSSR count). The van der Waals surface area contributed by atoms with Gasteiger partial charge in [0, 0.05) is 6.54 Å². The minimum atomic E-state index is 0.00320. The van der Waals surface area contributed by atoms with Gasteiger partial charge in [-0.2, -0.15) is 0 Å². The predicted molar refractivity (Wildman–Crippen MR) is 81.5 cm³/mol. The quantitative estimate of drug-likeness (QED) is 0.841. The molecule has 1 saturated carbocycles. The van der Waals surface area contributed by atoms with Gasteiger partial charge < -0.3 is 10.4 Å². The summed E-state index contributed by atoms with van der Waals surface area (Å²) < 4.78 is 0. The Morgan fingerprint density at radius 1 is 1.00 bits per heavy atom. The zero-order valence-corrected chi connectivity index (χ0v) is 11.6. The molecule has 1 aliphatic rings. The molecule has 0 aromatic heterocycles. The molecule has 104 valence electrons. The third-order valence-electron chi connectivity index (χ3n) is 3.97. The molecule has 1 unspecified atom stereocenters. The monoisotopic (exact) mass is 267 g/mol. The van der Waals surface area contributed by atoms with E-state index in [-0.39, 0.29) is 12.6 Å². The fourth-order valence-corrected chi connectivity index (χ4v) is 2.54. The molecule has 2 heteroatoms. The van der Waals surface area contributed by atoms with Crippen LogP contribution in [0.15, 0.2) is 54.6 Å². The zero-order chi connectivity index (χ0) is 13.8. The lowest BCUT2D eigenvalue weighted by atomic mass is 10.0. The minimum Gasteiger partial charge on any atom is -0.394 e. The van der Waals surface area contributed by atoms with Gasteiger partial charge in [0.05, 0.1) is 12.6 Å². The lowest BCUT2D eigenvalue weighted by Gasteiger charge is -2.17. The molecule has 0 aliphatic heterocycles. The van der Waals surface area contributed by atoms with Gasteiger partial charge in [0.25, 0.3) is 0 Å². The predicted octanol–water partition coefficient (Wildman–Crippen LogP) is 3.39. The van der Waals surface area contributed by atoms with E-state index >= 15 is 0 Å². The van der Waals surface area contributed by atoms with Crippen LogP contribution in [0, 0.1) is 0 Å². The average Bonchev–Trinajstić information content (AvgIpc) is 3.34. The second-order valence-corrected chi connectivity index (χ2v) is 5.54. The molecule has 0 spiro atoms. The van der Waals surface area contributed by atoms with Crippen molar-refractivity contribution in [1.29, 1.82) is 0 Å². The Hall–Kier alpha value is -1.64. The highest BCUT2D eigenvalue weighted by atomic mass is 16.3. The van der Waals surface area contributed by atoms with Crippen molar-refractivity contribution in [1.82, 2.24) is 5.32 Å². The first-order valence-electron chi connectivity index (χ1n) is 7.35. The van der Waals surface area contributed by atoms with E-state index < -0.39 is 0 Å². The van der Waals surface area contributed by atoms with Crippen molar-refractivity contribution >= 4 is 0 Å². The second-order valence-electron chi connectivity index (χ2n) is 5.54. The summed E-state index contributed by atoms with van der Waals surface area (Å²) in [6.07, 6.45) is 2.66. The summed E-state index contributed by atoms with van der Waals surface area (Å²) in [7, 11) is 0. The van der Waals surface area contributed by atoms with E-state index in [0.717, 1.165) is 18.0 Å². The molecule has 0 heterocycles. The summed E-state index contributed by atoms with van der Waals surface area (Å²) in [5.41, 5.74) is 3.84. The Balaban J connectivity index is 1.63. The highest BCUT2D eigenvalue weighted by Crippen LogP contribution is 2.40. The summed E-state index contributed by atoms with van der Waals surface area (Å²) in [4.78, 5) is 0. The van der Waals surface area contributed by atoms with Gasteiger partial charge in [-0.1, -0.05) is 54.6 Å². The Labute approximate surface area is 120 Å². The maximum atomic E-state index is 9.59. The number of aliphatic hydroxyl groups is 1. The van der Waals surface area contributed by atoms with Crippen LogP contribution in [-0.4, -0.2) is 11.7 Å². The summed E-state index contributed by atoms with van der Waals surface area (Å²) in [5.74, 6) is 0.786. The molecule has 1 atom stereocenters. The van der Waals surface area contributed by atoms with Crippen LogP contribution in [-0.2, 0) is 6.54 Å². The van der Waals surface area contributed by atoms with Gasteiger partial charge in [-0.15, -0.1) is 0 Å². The van der Waals surface area contributed by atoms with E-state index in [1.807, 2.05) is 18.2 Å². The smallest absolute Gasteiger partial charge is 0.0626 e. The van der Waals surface area contributed by atoms with Crippen LogP contribution in [0.4, 0.5) is 0 Å². The van der Waals surface area contributed by atoms with Crippen molar-refractivity contribution in [2.75, 3.05) is 6.61 Å². The number of aliphatic hydroxyl groups excluding tert-OH is 1. The van der Waals surface area contributed by atoms with Crippen LogP contribution in [0.5, 0.6) is 0 Å². The van der Waals surface area contributed by atoms with Crippen LogP contribution >= 0.6 is 0 Å². The second kappa shape index (κ2) is 6.21. The highest BCUT2D eigenvalue weighted by molar-refractivity contribution is 5.30. The molecular formula is C18H21NO. The molecule has 20 heavy (non-hydrogen) atoms. The molecule has 2 N–H and O–H groups in total. The van der Waals surface area contributed by atoms with Crippen molar-refractivity contribution in [3.05, 3.63) is 71.3 Å². The largest absolute Gasteiger partial charge is 0.394 e. The first kappa shape index (κ1) is 13.3. The number of hydrogen-bond donors (Lipinski definition) is 2. The van der Waals surface area contributed by atoms with Gasteiger partial charge >= 0.3 is 0 Å². The number of benzene rings is 2. The standard InChI is InChI=1S/C18H21NO/c20-13-18(19-12-14-4-2-1-3-5-14)17-10-8-16(9-11-17)15-6-7-15/h1-5,8-11,15,18-20H,6-7,12-13H2. The maximum Gasteiger partial charge on any atom is 0.0626 e.